The summed E-state index contributed by atoms with van der Waals surface area (Å²) >= 11 is 0.933. The summed E-state index contributed by atoms with van der Waals surface area (Å²) in [5, 5.41) is 12.9. The summed E-state index contributed by atoms with van der Waals surface area (Å²) in [6, 6.07) is -2.15. The van der Waals surface area contributed by atoms with Crippen LogP contribution in [0.25, 0.3) is 0 Å². The zero-order chi connectivity index (χ0) is 13.0. The molecule has 0 aliphatic carbocycles. The summed E-state index contributed by atoms with van der Waals surface area (Å²) in [7, 11) is 0. The summed E-state index contributed by atoms with van der Waals surface area (Å²) in [5.74, 6) is -2.60. The molecule has 8 nitrogen and oxygen atoms in total. The van der Waals surface area contributed by atoms with Crippen molar-refractivity contribution in [2.45, 2.75) is 18.5 Å². The van der Waals surface area contributed by atoms with E-state index in [4.69, 9.17) is 10.8 Å². The zero-order valence-electron chi connectivity index (χ0n) is 8.63. The largest absolute Gasteiger partial charge is 0.480 e. The van der Waals surface area contributed by atoms with Gasteiger partial charge >= 0.3 is 5.97 Å². The lowest BCUT2D eigenvalue weighted by molar-refractivity contribution is -0.143. The van der Waals surface area contributed by atoms with E-state index in [2.05, 4.69) is 10.6 Å². The predicted molar refractivity (Wildman–Crippen MR) is 58.2 cm³/mol. The highest BCUT2D eigenvalue weighted by Gasteiger charge is 2.31. The number of carbonyl (C=O) groups is 4. The van der Waals surface area contributed by atoms with Crippen molar-refractivity contribution >= 4 is 34.8 Å². The van der Waals surface area contributed by atoms with Crippen molar-refractivity contribution in [2.75, 3.05) is 5.75 Å². The molecule has 0 aromatic rings. The van der Waals surface area contributed by atoms with Gasteiger partial charge in [0.2, 0.25) is 11.8 Å². The quantitative estimate of drug-likeness (QED) is 0.463. The molecule has 1 heterocycles. The minimum atomic E-state index is -1.37. The van der Waals surface area contributed by atoms with Crippen molar-refractivity contribution in [3.63, 3.8) is 0 Å². The minimum absolute atomic E-state index is 0.230. The lowest BCUT2D eigenvalue weighted by Crippen LogP contribution is -2.50. The van der Waals surface area contributed by atoms with Gasteiger partial charge in [0.15, 0.2) is 0 Å². The molecule has 94 valence electrons. The SMILES string of the molecule is NC(=O)CC(NC(=O)C1CSC(=O)N1)C(=O)O. The van der Waals surface area contributed by atoms with E-state index in [1.165, 1.54) is 0 Å². The van der Waals surface area contributed by atoms with E-state index in [1.54, 1.807) is 0 Å². The Morgan fingerprint density at radius 1 is 1.59 bits per heavy atom. The van der Waals surface area contributed by atoms with Crippen LogP contribution in [0.2, 0.25) is 0 Å². The van der Waals surface area contributed by atoms with Gasteiger partial charge in [0.05, 0.1) is 6.42 Å². The molecular weight excluding hydrogens is 250 g/mol. The van der Waals surface area contributed by atoms with Gasteiger partial charge in [-0.25, -0.2) is 4.79 Å². The fourth-order valence-corrected chi connectivity index (χ4v) is 1.98. The predicted octanol–water partition coefficient (Wildman–Crippen LogP) is -1.74. The Morgan fingerprint density at radius 3 is 2.65 bits per heavy atom. The molecule has 0 aromatic carbocycles. The summed E-state index contributed by atoms with van der Waals surface area (Å²) in [5.41, 5.74) is 4.85. The Hall–Kier alpha value is -1.77. The fraction of sp³-hybridized carbons (Fsp3) is 0.500. The molecule has 2 atom stereocenters. The highest BCUT2D eigenvalue weighted by molar-refractivity contribution is 8.14. The summed E-state index contributed by atoms with van der Waals surface area (Å²) in [6.07, 6.45) is -0.491. The number of aliphatic carboxylic acids is 1. The minimum Gasteiger partial charge on any atom is -0.480 e. The monoisotopic (exact) mass is 261 g/mol. The maximum atomic E-state index is 11.5. The molecule has 1 fully saturated rings. The van der Waals surface area contributed by atoms with E-state index in [0.717, 1.165) is 11.8 Å². The van der Waals surface area contributed by atoms with Crippen LogP contribution >= 0.6 is 11.8 Å². The number of carboxylic acids is 1. The van der Waals surface area contributed by atoms with Gasteiger partial charge in [0, 0.05) is 5.75 Å². The number of thioether (sulfide) groups is 1. The van der Waals surface area contributed by atoms with Gasteiger partial charge in [-0.1, -0.05) is 11.8 Å². The van der Waals surface area contributed by atoms with Crippen LogP contribution in [0.1, 0.15) is 6.42 Å². The van der Waals surface area contributed by atoms with E-state index in [9.17, 15) is 19.2 Å². The van der Waals surface area contributed by atoms with Gasteiger partial charge in [-0.15, -0.1) is 0 Å². The first-order valence-corrected chi connectivity index (χ1v) is 5.63. The number of carbonyl (C=O) groups excluding carboxylic acids is 3. The number of nitrogens with two attached hydrogens (primary N) is 1. The van der Waals surface area contributed by atoms with Crippen LogP contribution in [-0.2, 0) is 14.4 Å². The first-order valence-electron chi connectivity index (χ1n) is 4.65. The summed E-state index contributed by atoms with van der Waals surface area (Å²) < 4.78 is 0. The van der Waals surface area contributed by atoms with Gasteiger partial charge < -0.3 is 21.5 Å². The molecule has 9 heteroatoms. The zero-order valence-corrected chi connectivity index (χ0v) is 9.45. The molecule has 17 heavy (non-hydrogen) atoms. The van der Waals surface area contributed by atoms with Crippen molar-refractivity contribution in [1.82, 2.24) is 10.6 Å². The molecule has 0 bridgehead atoms. The second kappa shape index (κ2) is 5.53. The highest BCUT2D eigenvalue weighted by Crippen LogP contribution is 2.13. The molecule has 0 saturated carbocycles. The third-order valence-corrected chi connectivity index (χ3v) is 2.89. The number of carboxylic acid groups (broad SMARTS) is 1. The topological polar surface area (TPSA) is 139 Å². The Morgan fingerprint density at radius 2 is 2.24 bits per heavy atom. The number of hydrogen-bond donors (Lipinski definition) is 4. The molecule has 5 N–H and O–H groups in total. The van der Waals surface area contributed by atoms with Crippen molar-refractivity contribution < 1.29 is 24.3 Å². The van der Waals surface area contributed by atoms with E-state index >= 15 is 0 Å². The maximum absolute atomic E-state index is 11.5. The third-order valence-electron chi connectivity index (χ3n) is 2.01. The Bertz CT molecular complexity index is 372. The maximum Gasteiger partial charge on any atom is 0.326 e. The van der Waals surface area contributed by atoms with Gasteiger partial charge in [-0.2, -0.15) is 0 Å². The van der Waals surface area contributed by atoms with Crippen molar-refractivity contribution in [1.29, 1.82) is 0 Å². The van der Waals surface area contributed by atoms with Crippen LogP contribution < -0.4 is 16.4 Å². The van der Waals surface area contributed by atoms with Crippen LogP contribution in [-0.4, -0.2) is 46.0 Å². The summed E-state index contributed by atoms with van der Waals surface area (Å²) in [4.78, 5) is 43.7. The molecule has 2 unspecified atom stereocenters. The number of rotatable bonds is 5. The lowest BCUT2D eigenvalue weighted by Gasteiger charge is -2.15. The Kier molecular flexibility index (Phi) is 4.32. The molecule has 0 radical (unpaired) electrons. The van der Waals surface area contributed by atoms with Crippen molar-refractivity contribution in [3.8, 4) is 0 Å². The van der Waals surface area contributed by atoms with Crippen molar-refractivity contribution in [2.24, 2.45) is 5.73 Å². The first kappa shape index (κ1) is 13.3. The van der Waals surface area contributed by atoms with Gasteiger partial charge in [0.1, 0.15) is 12.1 Å². The molecule has 1 aliphatic rings. The molecule has 0 spiro atoms. The fourth-order valence-electron chi connectivity index (χ4n) is 1.20. The number of nitrogens with one attached hydrogen (secondary N) is 2. The normalized spacial score (nSPS) is 20.5. The molecule has 1 saturated heterocycles. The van der Waals surface area contributed by atoms with Gasteiger partial charge in [-0.05, 0) is 0 Å². The van der Waals surface area contributed by atoms with Crippen LogP contribution in [0, 0.1) is 0 Å². The number of amides is 3. The van der Waals surface area contributed by atoms with Crippen molar-refractivity contribution in [3.05, 3.63) is 0 Å². The van der Waals surface area contributed by atoms with E-state index in [0.29, 0.717) is 0 Å². The standard InChI is InChI=1S/C8H11N3O5S/c9-5(12)1-3(7(14)15)10-6(13)4-2-17-8(16)11-4/h3-4H,1-2H2,(H2,9,12)(H,10,13)(H,11,16)(H,14,15). The van der Waals surface area contributed by atoms with Gasteiger partial charge in [0.25, 0.3) is 5.24 Å². The van der Waals surface area contributed by atoms with E-state index < -0.39 is 36.3 Å². The van der Waals surface area contributed by atoms with Crippen LogP contribution in [0.3, 0.4) is 0 Å². The molecular formula is C8H11N3O5S. The average Bonchev–Trinajstić information content (AvgIpc) is 2.63. The molecule has 3 amide bonds. The van der Waals surface area contributed by atoms with E-state index in [-0.39, 0.29) is 11.0 Å². The second-order valence-electron chi connectivity index (χ2n) is 3.37. The van der Waals surface area contributed by atoms with E-state index in [1.807, 2.05) is 0 Å². The molecule has 1 aliphatic heterocycles. The third kappa shape index (κ3) is 3.94. The Balaban J connectivity index is 2.55. The lowest BCUT2D eigenvalue weighted by atomic mass is 10.2. The van der Waals surface area contributed by atoms with Gasteiger partial charge in [-0.3, -0.25) is 14.4 Å². The first-order chi connectivity index (χ1) is 7.90. The van der Waals surface area contributed by atoms with Crippen LogP contribution in [0.5, 0.6) is 0 Å². The molecule has 0 aromatic heterocycles. The Labute approximate surface area is 100 Å². The molecule has 1 rings (SSSR count). The van der Waals surface area contributed by atoms with Crippen LogP contribution in [0.15, 0.2) is 0 Å². The number of primary amides is 1. The smallest absolute Gasteiger partial charge is 0.326 e. The second-order valence-corrected chi connectivity index (χ2v) is 4.36. The summed E-state index contributed by atoms with van der Waals surface area (Å²) in [6.45, 7) is 0. The highest BCUT2D eigenvalue weighted by atomic mass is 32.2. The number of hydrogen-bond acceptors (Lipinski definition) is 5. The average molecular weight is 261 g/mol. The van der Waals surface area contributed by atoms with Crippen LogP contribution in [0.4, 0.5) is 4.79 Å².